The maximum atomic E-state index is 12.9. The first-order valence-electron chi connectivity index (χ1n) is 8.95. The SMILES string of the molecule is CC(=O)c1cccc(NC(=O)c2cccc(N(C)S(=O)(=O)c3ccc(Cl)cc3)c2)c1. The second-order valence-corrected chi connectivity index (χ2v) is 8.97. The van der Waals surface area contributed by atoms with Crippen LogP contribution in [0.4, 0.5) is 11.4 Å². The molecule has 154 valence electrons. The molecular weight excluding hydrogens is 424 g/mol. The van der Waals surface area contributed by atoms with Crippen molar-refractivity contribution < 1.29 is 18.0 Å². The highest BCUT2D eigenvalue weighted by molar-refractivity contribution is 7.92. The molecule has 1 N–H and O–H groups in total. The van der Waals surface area contributed by atoms with Crippen LogP contribution in [0.3, 0.4) is 0 Å². The molecule has 0 spiro atoms. The van der Waals surface area contributed by atoms with Crippen LogP contribution in [0.5, 0.6) is 0 Å². The topological polar surface area (TPSA) is 83.6 Å². The molecule has 0 bridgehead atoms. The summed E-state index contributed by atoms with van der Waals surface area (Å²) in [6, 6.07) is 18.7. The number of Topliss-reactive ketones (excluding diaryl/α,β-unsaturated/α-hetero) is 1. The van der Waals surface area contributed by atoms with Gasteiger partial charge >= 0.3 is 0 Å². The third-order valence-corrected chi connectivity index (χ3v) is 6.52. The summed E-state index contributed by atoms with van der Waals surface area (Å²) in [5, 5.41) is 3.16. The van der Waals surface area contributed by atoms with E-state index in [9.17, 15) is 18.0 Å². The van der Waals surface area contributed by atoms with Gasteiger partial charge in [-0.25, -0.2) is 8.42 Å². The number of benzene rings is 3. The number of anilines is 2. The van der Waals surface area contributed by atoms with E-state index in [1.165, 1.54) is 44.3 Å². The van der Waals surface area contributed by atoms with Crippen molar-refractivity contribution in [2.24, 2.45) is 0 Å². The minimum atomic E-state index is -3.82. The molecule has 0 unspecified atom stereocenters. The van der Waals surface area contributed by atoms with Crippen molar-refractivity contribution >= 4 is 44.7 Å². The molecule has 0 atom stereocenters. The molecule has 0 saturated heterocycles. The van der Waals surface area contributed by atoms with Gasteiger partial charge < -0.3 is 5.32 Å². The van der Waals surface area contributed by atoms with Crippen LogP contribution in [-0.4, -0.2) is 27.2 Å². The van der Waals surface area contributed by atoms with E-state index >= 15 is 0 Å². The Bertz CT molecular complexity index is 1210. The predicted molar refractivity (Wildman–Crippen MR) is 118 cm³/mol. The summed E-state index contributed by atoms with van der Waals surface area (Å²) in [6.45, 7) is 1.45. The van der Waals surface area contributed by atoms with Gasteiger partial charge in [-0.15, -0.1) is 0 Å². The molecule has 30 heavy (non-hydrogen) atoms. The van der Waals surface area contributed by atoms with Gasteiger partial charge in [-0.2, -0.15) is 0 Å². The lowest BCUT2D eigenvalue weighted by atomic mass is 10.1. The van der Waals surface area contributed by atoms with E-state index in [4.69, 9.17) is 11.6 Å². The summed E-state index contributed by atoms with van der Waals surface area (Å²) < 4.78 is 26.8. The molecule has 0 aliphatic heterocycles. The van der Waals surface area contributed by atoms with Gasteiger partial charge in [-0.3, -0.25) is 13.9 Å². The predicted octanol–water partition coefficient (Wildman–Crippen LogP) is 4.62. The van der Waals surface area contributed by atoms with Crippen molar-refractivity contribution in [3.05, 3.63) is 88.9 Å². The molecule has 0 aromatic heterocycles. The highest BCUT2D eigenvalue weighted by Gasteiger charge is 2.22. The number of amides is 1. The highest BCUT2D eigenvalue weighted by Crippen LogP contribution is 2.24. The van der Waals surface area contributed by atoms with Crippen LogP contribution in [0, 0.1) is 0 Å². The van der Waals surface area contributed by atoms with Gasteiger partial charge in [0.05, 0.1) is 10.6 Å². The van der Waals surface area contributed by atoms with Crippen LogP contribution in [0.15, 0.2) is 77.7 Å². The number of sulfonamides is 1. The number of halogens is 1. The van der Waals surface area contributed by atoms with E-state index in [1.807, 2.05) is 0 Å². The van der Waals surface area contributed by atoms with E-state index in [1.54, 1.807) is 42.5 Å². The lowest BCUT2D eigenvalue weighted by Crippen LogP contribution is -2.26. The lowest BCUT2D eigenvalue weighted by Gasteiger charge is -2.20. The van der Waals surface area contributed by atoms with Crippen molar-refractivity contribution in [1.82, 2.24) is 0 Å². The first-order chi connectivity index (χ1) is 14.2. The largest absolute Gasteiger partial charge is 0.322 e. The van der Waals surface area contributed by atoms with Crippen LogP contribution in [-0.2, 0) is 10.0 Å². The number of nitrogens with zero attached hydrogens (tertiary/aromatic N) is 1. The summed E-state index contributed by atoms with van der Waals surface area (Å²) in [6.07, 6.45) is 0. The number of ketones is 1. The smallest absolute Gasteiger partial charge is 0.264 e. The standard InChI is InChI=1S/C22H19ClN2O4S/c1-15(26)16-5-3-7-19(13-16)24-22(27)17-6-4-8-20(14-17)25(2)30(28,29)21-11-9-18(23)10-12-21/h3-14H,1-2H3,(H,24,27). The Morgan fingerprint density at radius 2 is 1.53 bits per heavy atom. The zero-order chi connectivity index (χ0) is 21.9. The summed E-state index contributed by atoms with van der Waals surface area (Å²) in [7, 11) is -2.41. The van der Waals surface area contributed by atoms with Crippen molar-refractivity contribution in [3.8, 4) is 0 Å². The molecule has 3 rings (SSSR count). The molecule has 0 radical (unpaired) electrons. The van der Waals surface area contributed by atoms with Gasteiger partial charge in [0.1, 0.15) is 0 Å². The Morgan fingerprint density at radius 1 is 0.900 bits per heavy atom. The van der Waals surface area contributed by atoms with E-state index in [-0.39, 0.29) is 16.2 Å². The van der Waals surface area contributed by atoms with Gasteiger partial charge in [-0.05, 0) is 61.5 Å². The number of rotatable bonds is 6. The monoisotopic (exact) mass is 442 g/mol. The number of carbonyl (C=O) groups excluding carboxylic acids is 2. The molecule has 0 saturated carbocycles. The summed E-state index contributed by atoms with van der Waals surface area (Å²) in [5.74, 6) is -0.531. The minimum Gasteiger partial charge on any atom is -0.322 e. The summed E-state index contributed by atoms with van der Waals surface area (Å²) in [4.78, 5) is 24.3. The van der Waals surface area contributed by atoms with E-state index in [0.717, 1.165) is 4.31 Å². The molecular formula is C22H19ClN2O4S. The minimum absolute atomic E-state index is 0.0882. The number of hydrogen-bond acceptors (Lipinski definition) is 4. The molecule has 8 heteroatoms. The van der Waals surface area contributed by atoms with Crippen molar-refractivity contribution in [1.29, 1.82) is 0 Å². The third-order valence-electron chi connectivity index (χ3n) is 4.47. The van der Waals surface area contributed by atoms with Crippen molar-refractivity contribution in [2.45, 2.75) is 11.8 Å². The first kappa shape index (κ1) is 21.5. The summed E-state index contributed by atoms with van der Waals surface area (Å²) in [5.41, 5.74) is 1.56. The first-order valence-corrected chi connectivity index (χ1v) is 10.8. The number of hydrogen-bond donors (Lipinski definition) is 1. The highest BCUT2D eigenvalue weighted by atomic mass is 35.5. The Balaban J connectivity index is 1.85. The Morgan fingerprint density at radius 3 is 2.20 bits per heavy atom. The quantitative estimate of drug-likeness (QED) is 0.564. The van der Waals surface area contributed by atoms with Crippen LogP contribution < -0.4 is 9.62 Å². The van der Waals surface area contributed by atoms with Crippen LogP contribution in [0.1, 0.15) is 27.6 Å². The number of carbonyl (C=O) groups is 2. The zero-order valence-electron chi connectivity index (χ0n) is 16.3. The normalized spacial score (nSPS) is 11.0. The zero-order valence-corrected chi connectivity index (χ0v) is 17.9. The molecule has 1 amide bonds. The molecule has 0 aliphatic carbocycles. The molecule has 0 fully saturated rings. The number of nitrogens with one attached hydrogen (secondary N) is 1. The maximum Gasteiger partial charge on any atom is 0.264 e. The van der Waals surface area contributed by atoms with Crippen LogP contribution in [0.2, 0.25) is 5.02 Å². The lowest BCUT2D eigenvalue weighted by molar-refractivity contribution is 0.101. The van der Waals surface area contributed by atoms with Crippen molar-refractivity contribution in [2.75, 3.05) is 16.7 Å². The van der Waals surface area contributed by atoms with E-state index in [2.05, 4.69) is 5.32 Å². The maximum absolute atomic E-state index is 12.9. The Kier molecular flexibility index (Phi) is 6.24. The molecule has 3 aromatic carbocycles. The Hall–Kier alpha value is -3.16. The van der Waals surface area contributed by atoms with Gasteiger partial charge in [0.25, 0.3) is 15.9 Å². The van der Waals surface area contributed by atoms with Gasteiger partial charge in [0.2, 0.25) is 0 Å². The Labute approximate surface area is 180 Å². The van der Waals surface area contributed by atoms with E-state index < -0.39 is 15.9 Å². The fraction of sp³-hybridized carbons (Fsp3) is 0.0909. The molecule has 0 aliphatic rings. The average molecular weight is 443 g/mol. The summed E-state index contributed by atoms with van der Waals surface area (Å²) >= 11 is 5.84. The van der Waals surface area contributed by atoms with Gasteiger partial charge in [0.15, 0.2) is 5.78 Å². The second kappa shape index (κ2) is 8.69. The fourth-order valence-electron chi connectivity index (χ4n) is 2.77. The molecule has 0 heterocycles. The van der Waals surface area contributed by atoms with Crippen LogP contribution in [0.25, 0.3) is 0 Å². The second-order valence-electron chi connectivity index (χ2n) is 6.57. The average Bonchev–Trinajstić information content (AvgIpc) is 2.73. The van der Waals surface area contributed by atoms with E-state index in [0.29, 0.717) is 22.0 Å². The molecule has 3 aromatic rings. The van der Waals surface area contributed by atoms with Gasteiger partial charge in [0, 0.05) is 28.9 Å². The fourth-order valence-corrected chi connectivity index (χ4v) is 4.08. The van der Waals surface area contributed by atoms with Crippen molar-refractivity contribution in [3.63, 3.8) is 0 Å². The van der Waals surface area contributed by atoms with Gasteiger partial charge in [-0.1, -0.05) is 29.8 Å². The third kappa shape index (κ3) is 4.69. The van der Waals surface area contributed by atoms with Crippen LogP contribution >= 0.6 is 11.6 Å². The molecule has 6 nitrogen and oxygen atoms in total.